The van der Waals surface area contributed by atoms with Gasteiger partial charge in [0.15, 0.2) is 11.5 Å². The van der Waals surface area contributed by atoms with Crippen LogP contribution in [0.2, 0.25) is 0 Å². The average Bonchev–Trinajstić information content (AvgIpc) is 2.67. The summed E-state index contributed by atoms with van der Waals surface area (Å²) in [7, 11) is 4.68. The first kappa shape index (κ1) is 19.4. The molecule has 7 heteroatoms. The number of pyridine rings is 1. The van der Waals surface area contributed by atoms with Crippen LogP contribution in [0.1, 0.15) is 30.3 Å². The smallest absolute Gasteiger partial charge is 0.269 e. The highest BCUT2D eigenvalue weighted by molar-refractivity contribution is 5.93. The Morgan fingerprint density at radius 1 is 1.04 bits per heavy atom. The van der Waals surface area contributed by atoms with E-state index in [1.54, 1.807) is 51.8 Å². The van der Waals surface area contributed by atoms with Gasteiger partial charge < -0.3 is 24.8 Å². The van der Waals surface area contributed by atoms with Gasteiger partial charge in [0.1, 0.15) is 5.69 Å². The van der Waals surface area contributed by atoms with Crippen molar-refractivity contribution in [3.05, 3.63) is 36.2 Å². The third-order valence-corrected chi connectivity index (χ3v) is 3.76. The maximum absolute atomic E-state index is 12.2. The molecule has 26 heavy (non-hydrogen) atoms. The van der Waals surface area contributed by atoms with Crippen LogP contribution < -0.4 is 24.8 Å². The lowest BCUT2D eigenvalue weighted by atomic mass is 10.2. The van der Waals surface area contributed by atoms with E-state index in [4.69, 9.17) is 14.2 Å². The molecule has 0 saturated carbocycles. The molecule has 140 valence electrons. The van der Waals surface area contributed by atoms with Crippen molar-refractivity contribution in [2.75, 3.05) is 33.2 Å². The molecule has 0 aliphatic heterocycles. The van der Waals surface area contributed by atoms with E-state index in [1.807, 2.05) is 0 Å². The van der Waals surface area contributed by atoms with Crippen LogP contribution in [0.15, 0.2) is 30.5 Å². The fraction of sp³-hybridized carbons (Fsp3) is 0.368. The van der Waals surface area contributed by atoms with Crippen LogP contribution in [-0.4, -0.2) is 38.8 Å². The number of benzene rings is 1. The Kier molecular flexibility index (Phi) is 7.08. The van der Waals surface area contributed by atoms with Gasteiger partial charge in [-0.1, -0.05) is 13.3 Å². The maximum Gasteiger partial charge on any atom is 0.269 e. The second-order valence-electron chi connectivity index (χ2n) is 5.58. The molecule has 0 atom stereocenters. The Morgan fingerprint density at radius 3 is 2.31 bits per heavy atom. The lowest BCUT2D eigenvalue weighted by Crippen LogP contribution is -2.25. The number of carbonyl (C=O) groups is 1. The minimum Gasteiger partial charge on any atom is -0.493 e. The fourth-order valence-corrected chi connectivity index (χ4v) is 2.42. The number of hydrogen-bond donors (Lipinski definition) is 2. The summed E-state index contributed by atoms with van der Waals surface area (Å²) in [5.74, 6) is 1.42. The van der Waals surface area contributed by atoms with Crippen molar-refractivity contribution in [3.8, 4) is 17.2 Å². The van der Waals surface area contributed by atoms with Crippen LogP contribution in [0.5, 0.6) is 17.2 Å². The summed E-state index contributed by atoms with van der Waals surface area (Å²) < 4.78 is 16.0. The van der Waals surface area contributed by atoms with Crippen LogP contribution in [0.4, 0.5) is 11.4 Å². The van der Waals surface area contributed by atoms with E-state index in [-0.39, 0.29) is 5.91 Å². The predicted molar refractivity (Wildman–Crippen MR) is 101 cm³/mol. The lowest BCUT2D eigenvalue weighted by molar-refractivity contribution is 0.0948. The molecule has 1 aromatic heterocycles. The lowest BCUT2D eigenvalue weighted by Gasteiger charge is -2.15. The van der Waals surface area contributed by atoms with E-state index in [0.29, 0.717) is 29.5 Å². The molecule has 2 N–H and O–H groups in total. The molecule has 1 aromatic carbocycles. The molecular weight excluding hydrogens is 334 g/mol. The number of nitrogens with zero attached hydrogens (tertiary/aromatic N) is 1. The predicted octanol–water partition coefficient (Wildman–Crippen LogP) is 3.38. The molecule has 0 spiro atoms. The van der Waals surface area contributed by atoms with Crippen LogP contribution in [0.3, 0.4) is 0 Å². The molecule has 1 heterocycles. The van der Waals surface area contributed by atoms with Crippen molar-refractivity contribution >= 4 is 17.3 Å². The average molecular weight is 359 g/mol. The van der Waals surface area contributed by atoms with Crippen LogP contribution in [0, 0.1) is 0 Å². The third-order valence-electron chi connectivity index (χ3n) is 3.76. The molecule has 2 aromatic rings. The van der Waals surface area contributed by atoms with Gasteiger partial charge in [-0.25, -0.2) is 0 Å². The topological polar surface area (TPSA) is 81.7 Å². The Balaban J connectivity index is 2.21. The first-order valence-corrected chi connectivity index (χ1v) is 8.44. The summed E-state index contributed by atoms with van der Waals surface area (Å²) in [5, 5.41) is 6.09. The van der Waals surface area contributed by atoms with Gasteiger partial charge in [-0.3, -0.25) is 9.78 Å². The van der Waals surface area contributed by atoms with Crippen LogP contribution >= 0.6 is 0 Å². The molecule has 2 rings (SSSR count). The van der Waals surface area contributed by atoms with Gasteiger partial charge in [0.25, 0.3) is 5.91 Å². The minimum atomic E-state index is -0.188. The SMILES string of the molecule is CCCCNC(=O)c1cc(Nc2cc(OC)c(OC)c(OC)c2)ccn1. The van der Waals surface area contributed by atoms with Crippen molar-refractivity contribution in [2.24, 2.45) is 0 Å². The molecule has 0 aliphatic carbocycles. The second kappa shape index (κ2) is 9.50. The number of ether oxygens (including phenoxy) is 3. The maximum atomic E-state index is 12.2. The minimum absolute atomic E-state index is 0.188. The van der Waals surface area contributed by atoms with Gasteiger partial charge in [0.05, 0.1) is 21.3 Å². The monoisotopic (exact) mass is 359 g/mol. The van der Waals surface area contributed by atoms with Crippen molar-refractivity contribution in [1.29, 1.82) is 0 Å². The van der Waals surface area contributed by atoms with Gasteiger partial charge >= 0.3 is 0 Å². The molecule has 1 amide bonds. The zero-order valence-electron chi connectivity index (χ0n) is 15.6. The Morgan fingerprint density at radius 2 is 1.73 bits per heavy atom. The van der Waals surface area contributed by atoms with Crippen molar-refractivity contribution < 1.29 is 19.0 Å². The zero-order valence-corrected chi connectivity index (χ0v) is 15.6. The highest BCUT2D eigenvalue weighted by atomic mass is 16.5. The number of hydrogen-bond acceptors (Lipinski definition) is 6. The number of methoxy groups -OCH3 is 3. The number of amides is 1. The normalized spacial score (nSPS) is 10.2. The highest BCUT2D eigenvalue weighted by Gasteiger charge is 2.14. The Labute approximate surface area is 153 Å². The van der Waals surface area contributed by atoms with E-state index >= 15 is 0 Å². The summed E-state index contributed by atoms with van der Waals surface area (Å²) >= 11 is 0. The van der Waals surface area contributed by atoms with Gasteiger partial charge in [0.2, 0.25) is 5.75 Å². The molecule has 0 bridgehead atoms. The summed E-state index contributed by atoms with van der Waals surface area (Å²) in [6, 6.07) is 7.07. The first-order chi connectivity index (χ1) is 12.6. The van der Waals surface area contributed by atoms with E-state index in [2.05, 4.69) is 22.5 Å². The van der Waals surface area contributed by atoms with Gasteiger partial charge in [-0.15, -0.1) is 0 Å². The number of anilines is 2. The summed E-state index contributed by atoms with van der Waals surface area (Å²) in [5.41, 5.74) is 1.83. The standard InChI is InChI=1S/C19H25N3O4/c1-5-6-8-21-19(23)15-10-13(7-9-20-15)22-14-11-16(24-2)18(26-4)17(12-14)25-3/h7,9-12H,5-6,8H2,1-4H3,(H,20,22)(H,21,23). The molecule has 0 unspecified atom stereocenters. The van der Waals surface area contributed by atoms with Gasteiger partial charge in [-0.2, -0.15) is 0 Å². The number of nitrogens with one attached hydrogen (secondary N) is 2. The van der Waals surface area contributed by atoms with Crippen LogP contribution in [-0.2, 0) is 0 Å². The largest absolute Gasteiger partial charge is 0.493 e. The van der Waals surface area contributed by atoms with Crippen LogP contribution in [0.25, 0.3) is 0 Å². The summed E-state index contributed by atoms with van der Waals surface area (Å²) in [4.78, 5) is 16.3. The summed E-state index contributed by atoms with van der Waals surface area (Å²) in [6.45, 7) is 2.72. The summed E-state index contributed by atoms with van der Waals surface area (Å²) in [6.07, 6.45) is 3.56. The zero-order chi connectivity index (χ0) is 18.9. The van der Waals surface area contributed by atoms with E-state index in [0.717, 1.165) is 24.2 Å². The van der Waals surface area contributed by atoms with Crippen molar-refractivity contribution in [2.45, 2.75) is 19.8 Å². The van der Waals surface area contributed by atoms with E-state index < -0.39 is 0 Å². The second-order valence-corrected chi connectivity index (χ2v) is 5.58. The van der Waals surface area contributed by atoms with E-state index in [9.17, 15) is 4.79 Å². The number of aromatic nitrogens is 1. The third kappa shape index (κ3) is 4.78. The molecule has 0 radical (unpaired) electrons. The van der Waals surface area contributed by atoms with Gasteiger partial charge in [0, 0.05) is 36.2 Å². The molecular formula is C19H25N3O4. The first-order valence-electron chi connectivity index (χ1n) is 8.44. The molecule has 7 nitrogen and oxygen atoms in total. The van der Waals surface area contributed by atoms with Crippen molar-refractivity contribution in [1.82, 2.24) is 10.3 Å². The molecule has 0 saturated heterocycles. The van der Waals surface area contributed by atoms with Gasteiger partial charge in [-0.05, 0) is 18.6 Å². The fourth-order valence-electron chi connectivity index (χ4n) is 2.42. The Bertz CT molecular complexity index is 724. The number of rotatable bonds is 9. The van der Waals surface area contributed by atoms with Crippen molar-refractivity contribution in [3.63, 3.8) is 0 Å². The quantitative estimate of drug-likeness (QED) is 0.668. The number of carbonyl (C=O) groups excluding carboxylic acids is 1. The Hall–Kier alpha value is -2.96. The van der Waals surface area contributed by atoms with E-state index in [1.165, 1.54) is 0 Å². The highest BCUT2D eigenvalue weighted by Crippen LogP contribution is 2.40. The molecule has 0 aliphatic rings. The molecule has 0 fully saturated rings. The number of unbranched alkanes of at least 4 members (excludes halogenated alkanes) is 1.